The smallest absolute Gasteiger partial charge is 0.255 e. The van der Waals surface area contributed by atoms with Crippen LogP contribution in [0.4, 0.5) is 5.69 Å². The van der Waals surface area contributed by atoms with Crippen molar-refractivity contribution in [2.75, 3.05) is 12.4 Å². The number of aromatic nitrogens is 2. The van der Waals surface area contributed by atoms with Crippen molar-refractivity contribution in [3.63, 3.8) is 0 Å². The Morgan fingerprint density at radius 3 is 2.62 bits per heavy atom. The molecule has 0 saturated heterocycles. The Kier molecular flexibility index (Phi) is 6.38. The molecule has 3 aromatic carbocycles. The molecule has 4 aromatic rings. The van der Waals surface area contributed by atoms with E-state index in [2.05, 4.69) is 18.8 Å². The second-order valence-electron chi connectivity index (χ2n) is 6.71. The topological polar surface area (TPSA) is 110 Å². The van der Waals surface area contributed by atoms with Crippen LogP contribution in [0.2, 0.25) is 5.02 Å². The Balaban J connectivity index is 1.44. The number of methoxy groups -OCH3 is 1. The number of benzene rings is 3. The molecule has 4 rings (SSSR count). The minimum atomic E-state index is -3.79. The van der Waals surface area contributed by atoms with Gasteiger partial charge in [0.1, 0.15) is 21.7 Å². The lowest BCUT2D eigenvalue weighted by Crippen LogP contribution is -2.23. The summed E-state index contributed by atoms with van der Waals surface area (Å²) in [5.41, 5.74) is 2.41. The Morgan fingerprint density at radius 1 is 1.09 bits per heavy atom. The zero-order valence-electron chi connectivity index (χ0n) is 16.7. The molecule has 0 spiro atoms. The lowest BCUT2D eigenvalue weighted by Gasteiger charge is -2.11. The summed E-state index contributed by atoms with van der Waals surface area (Å²) in [5.74, 6) is 0.138. The number of amides is 1. The lowest BCUT2D eigenvalue weighted by atomic mass is 10.1. The number of nitrogens with zero attached hydrogens (tertiary/aromatic N) is 2. The van der Waals surface area contributed by atoms with Crippen molar-refractivity contribution in [2.24, 2.45) is 0 Å². The van der Waals surface area contributed by atoms with Crippen LogP contribution in [-0.2, 0) is 16.6 Å². The van der Waals surface area contributed by atoms with Gasteiger partial charge in [0.2, 0.25) is 10.0 Å². The summed E-state index contributed by atoms with van der Waals surface area (Å²) < 4.78 is 41.4. The van der Waals surface area contributed by atoms with Crippen LogP contribution >= 0.6 is 23.3 Å². The molecule has 8 nitrogen and oxygen atoms in total. The average molecular weight is 489 g/mol. The normalized spacial score (nSPS) is 11.4. The van der Waals surface area contributed by atoms with Crippen LogP contribution in [0.5, 0.6) is 5.75 Å². The molecule has 0 aliphatic heterocycles. The standard InChI is InChI=1S/C21H17ClN4O4S2/c1-30-18-10-9-15(22)11-17(18)24-21(27)14-7-5-13(6-8-14)12-23-32(28,29)19-4-2-3-16-20(19)26-31-25-16/h2-11,23H,12H2,1H3,(H,24,27). The summed E-state index contributed by atoms with van der Waals surface area (Å²) in [7, 11) is -2.29. The van der Waals surface area contributed by atoms with Crippen molar-refractivity contribution in [1.82, 2.24) is 13.5 Å². The van der Waals surface area contributed by atoms with E-state index in [1.807, 2.05) is 0 Å². The predicted octanol–water partition coefficient (Wildman–Crippen LogP) is 4.08. The monoisotopic (exact) mass is 488 g/mol. The van der Waals surface area contributed by atoms with Gasteiger partial charge in [-0.2, -0.15) is 8.75 Å². The van der Waals surface area contributed by atoms with Gasteiger partial charge in [-0.1, -0.05) is 29.8 Å². The van der Waals surface area contributed by atoms with Gasteiger partial charge >= 0.3 is 0 Å². The lowest BCUT2D eigenvalue weighted by molar-refractivity contribution is 0.102. The van der Waals surface area contributed by atoms with Gasteiger partial charge in [-0.15, -0.1) is 0 Å². The molecule has 0 aliphatic carbocycles. The molecule has 2 N–H and O–H groups in total. The molecule has 0 saturated carbocycles. The number of hydrogen-bond acceptors (Lipinski definition) is 7. The molecular weight excluding hydrogens is 472 g/mol. The van der Waals surface area contributed by atoms with Gasteiger partial charge in [0.05, 0.1) is 24.5 Å². The van der Waals surface area contributed by atoms with Crippen LogP contribution in [0, 0.1) is 0 Å². The number of halogens is 1. The second-order valence-corrected chi connectivity index (χ2v) is 9.41. The zero-order chi connectivity index (χ0) is 22.7. The number of rotatable bonds is 7. The Hall–Kier alpha value is -3.05. The third-order valence-corrected chi connectivity index (χ3v) is 6.84. The van der Waals surface area contributed by atoms with Gasteiger partial charge in [0, 0.05) is 17.1 Å². The van der Waals surface area contributed by atoms with Crippen molar-refractivity contribution in [1.29, 1.82) is 0 Å². The van der Waals surface area contributed by atoms with Crippen molar-refractivity contribution in [3.05, 3.63) is 76.8 Å². The van der Waals surface area contributed by atoms with Gasteiger partial charge < -0.3 is 10.1 Å². The van der Waals surface area contributed by atoms with E-state index in [9.17, 15) is 13.2 Å². The molecule has 0 fully saturated rings. The molecule has 1 amide bonds. The highest BCUT2D eigenvalue weighted by Crippen LogP contribution is 2.28. The molecule has 164 valence electrons. The number of nitrogens with one attached hydrogen (secondary N) is 2. The van der Waals surface area contributed by atoms with Gasteiger partial charge in [-0.05, 0) is 48.0 Å². The number of carbonyl (C=O) groups excluding carboxylic acids is 1. The minimum Gasteiger partial charge on any atom is -0.495 e. The second kappa shape index (κ2) is 9.21. The van der Waals surface area contributed by atoms with Gasteiger partial charge in [0.25, 0.3) is 5.91 Å². The van der Waals surface area contributed by atoms with Crippen LogP contribution in [0.25, 0.3) is 11.0 Å². The first kappa shape index (κ1) is 22.2. The van der Waals surface area contributed by atoms with E-state index >= 15 is 0 Å². The van der Waals surface area contributed by atoms with E-state index in [0.29, 0.717) is 38.6 Å². The first-order chi connectivity index (χ1) is 15.4. The molecule has 1 heterocycles. The molecule has 0 atom stereocenters. The third-order valence-electron chi connectivity index (χ3n) is 4.63. The molecular formula is C21H17ClN4O4S2. The number of sulfonamides is 1. The largest absolute Gasteiger partial charge is 0.495 e. The summed E-state index contributed by atoms with van der Waals surface area (Å²) in [6.45, 7) is 0.0559. The van der Waals surface area contributed by atoms with Crippen molar-refractivity contribution < 1.29 is 17.9 Å². The van der Waals surface area contributed by atoms with Gasteiger partial charge in [0.15, 0.2) is 0 Å². The quantitative estimate of drug-likeness (QED) is 0.405. The van der Waals surface area contributed by atoms with E-state index in [1.165, 1.54) is 13.2 Å². The summed E-state index contributed by atoms with van der Waals surface area (Å²) >= 11 is 6.96. The van der Waals surface area contributed by atoms with Crippen LogP contribution < -0.4 is 14.8 Å². The Bertz CT molecular complexity index is 1390. The summed E-state index contributed by atoms with van der Waals surface area (Å²) in [6, 6.07) is 16.3. The van der Waals surface area contributed by atoms with Crippen molar-refractivity contribution >= 4 is 56.0 Å². The first-order valence-electron chi connectivity index (χ1n) is 9.32. The number of hydrogen-bond donors (Lipinski definition) is 2. The number of carbonyl (C=O) groups is 1. The molecule has 1 aromatic heterocycles. The van der Waals surface area contributed by atoms with E-state index in [-0.39, 0.29) is 17.3 Å². The van der Waals surface area contributed by atoms with E-state index in [4.69, 9.17) is 16.3 Å². The molecule has 0 aliphatic rings. The number of fused-ring (bicyclic) bond motifs is 1. The fourth-order valence-electron chi connectivity index (χ4n) is 3.00. The maximum absolute atomic E-state index is 12.7. The highest BCUT2D eigenvalue weighted by atomic mass is 35.5. The van der Waals surface area contributed by atoms with Crippen LogP contribution in [0.3, 0.4) is 0 Å². The summed E-state index contributed by atoms with van der Waals surface area (Å²) in [4.78, 5) is 12.7. The van der Waals surface area contributed by atoms with Crippen LogP contribution in [0.15, 0.2) is 65.6 Å². The minimum absolute atomic E-state index is 0.0559. The van der Waals surface area contributed by atoms with Gasteiger partial charge in [-0.3, -0.25) is 4.79 Å². The highest BCUT2D eigenvalue weighted by Gasteiger charge is 2.19. The molecule has 11 heteroatoms. The fourth-order valence-corrected chi connectivity index (χ4v) is 4.95. The van der Waals surface area contributed by atoms with Gasteiger partial charge in [-0.25, -0.2) is 13.1 Å². The number of anilines is 1. The average Bonchev–Trinajstić information content (AvgIpc) is 3.27. The maximum atomic E-state index is 12.7. The first-order valence-corrected chi connectivity index (χ1v) is 11.9. The molecule has 0 unspecified atom stereocenters. The Morgan fingerprint density at radius 2 is 1.88 bits per heavy atom. The van der Waals surface area contributed by atoms with E-state index < -0.39 is 10.0 Å². The predicted molar refractivity (Wildman–Crippen MR) is 124 cm³/mol. The van der Waals surface area contributed by atoms with E-state index in [1.54, 1.807) is 54.6 Å². The maximum Gasteiger partial charge on any atom is 0.255 e. The highest BCUT2D eigenvalue weighted by molar-refractivity contribution is 7.89. The molecule has 0 bridgehead atoms. The summed E-state index contributed by atoms with van der Waals surface area (Å²) in [6.07, 6.45) is 0. The van der Waals surface area contributed by atoms with Crippen molar-refractivity contribution in [2.45, 2.75) is 11.4 Å². The number of ether oxygens (including phenoxy) is 1. The summed E-state index contributed by atoms with van der Waals surface area (Å²) in [5, 5.41) is 3.22. The third kappa shape index (κ3) is 4.73. The van der Waals surface area contributed by atoms with Crippen LogP contribution in [-0.4, -0.2) is 30.2 Å². The van der Waals surface area contributed by atoms with E-state index in [0.717, 1.165) is 11.7 Å². The molecule has 32 heavy (non-hydrogen) atoms. The zero-order valence-corrected chi connectivity index (χ0v) is 19.1. The SMILES string of the molecule is COc1ccc(Cl)cc1NC(=O)c1ccc(CNS(=O)(=O)c2cccc3nsnc23)cc1. The Labute approximate surface area is 193 Å². The molecule has 0 radical (unpaired) electrons. The fraction of sp³-hybridized carbons (Fsp3) is 0.0952. The van der Waals surface area contributed by atoms with Crippen LogP contribution in [0.1, 0.15) is 15.9 Å². The van der Waals surface area contributed by atoms with Crippen molar-refractivity contribution in [3.8, 4) is 5.75 Å².